The number of aliphatic imine (C=N–C) groups is 1. The molecule has 0 aromatic heterocycles. The lowest BCUT2D eigenvalue weighted by atomic mass is 9.82. The Hall–Kier alpha value is -3.22. The summed E-state index contributed by atoms with van der Waals surface area (Å²) in [6, 6.07) is 32.5. The maximum absolute atomic E-state index is 6.73. The van der Waals surface area contributed by atoms with Crippen molar-refractivity contribution in [2.75, 3.05) is 7.05 Å². The van der Waals surface area contributed by atoms with Crippen molar-refractivity contribution >= 4 is 19.6 Å². The number of aryl methyl sites for hydroxylation is 2. The topological polar surface area (TPSA) is 21.6 Å². The number of rotatable bonds is 10. The molecule has 0 aliphatic heterocycles. The van der Waals surface area contributed by atoms with Crippen LogP contribution in [0.3, 0.4) is 0 Å². The van der Waals surface area contributed by atoms with Gasteiger partial charge in [0.15, 0.2) is 0 Å². The van der Waals surface area contributed by atoms with Gasteiger partial charge in [-0.1, -0.05) is 141 Å². The van der Waals surface area contributed by atoms with Crippen molar-refractivity contribution in [3.63, 3.8) is 0 Å². The summed E-state index contributed by atoms with van der Waals surface area (Å²) < 4.78 is 6.73. The molecule has 4 aromatic carbocycles. The monoisotopic (exact) mass is 563 g/mol. The second-order valence-electron chi connectivity index (χ2n) is 12.3. The first kappa shape index (κ1) is 30.7. The number of benzene rings is 4. The van der Waals surface area contributed by atoms with Gasteiger partial charge in [-0.3, -0.25) is 4.99 Å². The van der Waals surface area contributed by atoms with E-state index in [2.05, 4.69) is 139 Å². The molecule has 0 radical (unpaired) electrons. The fraction of sp³-hybridized carbons (Fsp3) is 0.342. The second-order valence-corrected chi connectivity index (χ2v) is 14.2. The van der Waals surface area contributed by atoms with E-state index < -0.39 is 0 Å². The van der Waals surface area contributed by atoms with Crippen molar-refractivity contribution in [2.45, 2.75) is 78.5 Å². The van der Waals surface area contributed by atoms with Crippen molar-refractivity contribution < 1.29 is 4.74 Å². The summed E-state index contributed by atoms with van der Waals surface area (Å²) in [5.74, 6) is 1.04. The van der Waals surface area contributed by atoms with Gasteiger partial charge in [0.2, 0.25) is 0 Å². The van der Waals surface area contributed by atoms with Crippen LogP contribution < -0.4 is 10.0 Å². The first-order valence-electron chi connectivity index (χ1n) is 14.8. The number of hydrogen-bond donors (Lipinski definition) is 0. The van der Waals surface area contributed by atoms with Gasteiger partial charge in [-0.25, -0.2) is 0 Å². The molecular weight excluding hydrogens is 517 g/mol. The average molecular weight is 564 g/mol. The first-order valence-corrected chi connectivity index (χ1v) is 15.8. The van der Waals surface area contributed by atoms with Gasteiger partial charge < -0.3 is 4.74 Å². The van der Waals surface area contributed by atoms with Crippen LogP contribution in [0.1, 0.15) is 86.4 Å². The SMILES string of the molecule is CCCC(C)(Pc1c(C)cccc1/C(=N/C)c1ccccc1)c1cc(C(C)(C)C)cc(C)c1OCc1ccccc1. The maximum atomic E-state index is 6.73. The van der Waals surface area contributed by atoms with Crippen molar-refractivity contribution in [3.8, 4) is 5.75 Å². The maximum Gasteiger partial charge on any atom is 0.126 e. The average Bonchev–Trinajstić information content (AvgIpc) is 2.95. The van der Waals surface area contributed by atoms with Crippen LogP contribution in [0.25, 0.3) is 0 Å². The molecule has 0 aliphatic carbocycles. The van der Waals surface area contributed by atoms with E-state index >= 15 is 0 Å². The highest BCUT2D eigenvalue weighted by atomic mass is 31.1. The highest BCUT2D eigenvalue weighted by Crippen LogP contribution is 2.51. The number of hydrogen-bond acceptors (Lipinski definition) is 2. The Morgan fingerprint density at radius 3 is 2.07 bits per heavy atom. The van der Waals surface area contributed by atoms with E-state index in [1.807, 2.05) is 7.05 Å². The van der Waals surface area contributed by atoms with Gasteiger partial charge in [0.25, 0.3) is 0 Å². The van der Waals surface area contributed by atoms with E-state index in [-0.39, 0.29) is 10.6 Å². The molecule has 0 amide bonds. The lowest BCUT2D eigenvalue weighted by Gasteiger charge is -2.35. The van der Waals surface area contributed by atoms with Gasteiger partial charge in [-0.2, -0.15) is 0 Å². The molecule has 3 heteroatoms. The Morgan fingerprint density at radius 1 is 0.805 bits per heavy atom. The standard InChI is InChI=1S/C38H46NOP/c1-9-23-38(7,41-36-27(2)17-16-22-32(36)34(39-8)30-20-14-11-15-21-30)33-25-31(37(4,5)6)24-28(3)35(33)40-26-29-18-12-10-13-19-29/h10-22,24-25,41H,9,23,26H2,1-8H3/b39-34+. The summed E-state index contributed by atoms with van der Waals surface area (Å²) in [7, 11) is 2.46. The quantitative estimate of drug-likeness (QED) is 0.139. The third kappa shape index (κ3) is 7.17. The summed E-state index contributed by atoms with van der Waals surface area (Å²) >= 11 is 0. The van der Waals surface area contributed by atoms with Crippen LogP contribution in [-0.2, 0) is 17.2 Å². The summed E-state index contributed by atoms with van der Waals surface area (Å²) in [5.41, 5.74) is 9.86. The zero-order chi connectivity index (χ0) is 29.6. The minimum Gasteiger partial charge on any atom is -0.488 e. The van der Waals surface area contributed by atoms with Gasteiger partial charge in [0.1, 0.15) is 12.4 Å². The molecule has 0 saturated heterocycles. The molecule has 2 nitrogen and oxygen atoms in total. The summed E-state index contributed by atoms with van der Waals surface area (Å²) in [4.78, 5) is 4.82. The van der Waals surface area contributed by atoms with E-state index in [0.717, 1.165) is 29.9 Å². The third-order valence-corrected chi connectivity index (χ3v) is 9.90. The van der Waals surface area contributed by atoms with Gasteiger partial charge in [0, 0.05) is 28.9 Å². The predicted molar refractivity (Wildman–Crippen MR) is 180 cm³/mol. The van der Waals surface area contributed by atoms with Crippen molar-refractivity contribution in [2.24, 2.45) is 4.99 Å². The highest BCUT2D eigenvalue weighted by Gasteiger charge is 2.34. The molecular formula is C38H46NOP. The lowest BCUT2D eigenvalue weighted by Crippen LogP contribution is -2.26. The van der Waals surface area contributed by atoms with Crippen LogP contribution in [0.5, 0.6) is 5.75 Å². The van der Waals surface area contributed by atoms with E-state index in [1.165, 1.54) is 38.7 Å². The van der Waals surface area contributed by atoms with Crippen LogP contribution in [0.4, 0.5) is 0 Å². The van der Waals surface area contributed by atoms with E-state index in [4.69, 9.17) is 9.73 Å². The zero-order valence-corrected chi connectivity index (χ0v) is 27.1. The Balaban J connectivity index is 1.87. The Kier molecular flexibility index (Phi) is 9.88. The predicted octanol–water partition coefficient (Wildman–Crippen LogP) is 9.67. The minimum atomic E-state index is -0.108. The molecule has 2 atom stereocenters. The molecule has 4 aromatic rings. The molecule has 214 valence electrons. The molecule has 0 spiro atoms. The number of ether oxygens (including phenoxy) is 1. The van der Waals surface area contributed by atoms with Crippen LogP contribution in [0.15, 0.2) is 96.0 Å². The van der Waals surface area contributed by atoms with Crippen molar-refractivity contribution in [1.29, 1.82) is 0 Å². The molecule has 0 fully saturated rings. The fourth-order valence-corrected chi connectivity index (χ4v) is 7.47. The Labute approximate surface area is 250 Å². The van der Waals surface area contributed by atoms with Gasteiger partial charge in [-0.15, -0.1) is 0 Å². The molecule has 41 heavy (non-hydrogen) atoms. The molecule has 2 unspecified atom stereocenters. The second kappa shape index (κ2) is 13.2. The van der Waals surface area contributed by atoms with E-state index in [0.29, 0.717) is 15.2 Å². The van der Waals surface area contributed by atoms with Gasteiger partial charge in [-0.05, 0) is 53.2 Å². The summed E-state index contributed by atoms with van der Waals surface area (Å²) in [6.07, 6.45) is 2.16. The van der Waals surface area contributed by atoms with Crippen LogP contribution in [0, 0.1) is 13.8 Å². The summed E-state index contributed by atoms with van der Waals surface area (Å²) in [6.45, 7) is 16.7. The molecule has 0 heterocycles. The highest BCUT2D eigenvalue weighted by molar-refractivity contribution is 7.49. The first-order chi connectivity index (χ1) is 19.6. The molecule has 4 rings (SSSR count). The lowest BCUT2D eigenvalue weighted by molar-refractivity contribution is 0.297. The largest absolute Gasteiger partial charge is 0.488 e. The van der Waals surface area contributed by atoms with Crippen molar-refractivity contribution in [3.05, 3.63) is 130 Å². The number of nitrogens with zero attached hydrogens (tertiary/aromatic N) is 1. The molecule has 0 aliphatic rings. The van der Waals surface area contributed by atoms with Gasteiger partial charge >= 0.3 is 0 Å². The smallest absolute Gasteiger partial charge is 0.126 e. The Bertz CT molecular complexity index is 1480. The van der Waals surface area contributed by atoms with Crippen LogP contribution in [0.2, 0.25) is 0 Å². The van der Waals surface area contributed by atoms with E-state index in [1.54, 1.807) is 0 Å². The van der Waals surface area contributed by atoms with Crippen molar-refractivity contribution in [1.82, 2.24) is 0 Å². The van der Waals surface area contributed by atoms with Gasteiger partial charge in [0.05, 0.1) is 5.71 Å². The zero-order valence-electron chi connectivity index (χ0n) is 26.1. The van der Waals surface area contributed by atoms with Crippen LogP contribution >= 0.6 is 8.58 Å². The molecule has 0 saturated carbocycles. The molecule has 0 N–H and O–H groups in total. The fourth-order valence-electron chi connectivity index (χ4n) is 5.61. The minimum absolute atomic E-state index is 0.0386. The third-order valence-electron chi connectivity index (χ3n) is 7.91. The summed E-state index contributed by atoms with van der Waals surface area (Å²) in [5, 5.41) is 1.28. The van der Waals surface area contributed by atoms with E-state index in [9.17, 15) is 0 Å². The molecule has 0 bridgehead atoms. The normalized spacial score (nSPS) is 13.9. The van der Waals surface area contributed by atoms with Crippen LogP contribution in [-0.4, -0.2) is 12.8 Å². The Morgan fingerprint density at radius 2 is 1.46 bits per heavy atom.